The fourth-order valence-corrected chi connectivity index (χ4v) is 0. The second kappa shape index (κ2) is 15.7. The van der Waals surface area contributed by atoms with E-state index in [9.17, 15) is 0 Å². The monoisotopic (exact) mass is 136 g/mol. The highest BCUT2D eigenvalue weighted by Gasteiger charge is 1.65. The van der Waals surface area contributed by atoms with E-state index in [0.717, 1.165) is 19.9 Å². The lowest BCUT2D eigenvalue weighted by molar-refractivity contribution is -0.134. The highest BCUT2D eigenvalue weighted by atomic mass is 16.4. The van der Waals surface area contributed by atoms with Crippen LogP contribution in [0.4, 0.5) is 0 Å². The normalized spacial score (nSPS) is 6.11. The quantitative estimate of drug-likeness (QED) is 0.491. The van der Waals surface area contributed by atoms with Gasteiger partial charge in [-0.2, -0.15) is 0 Å². The van der Waals surface area contributed by atoms with Gasteiger partial charge in [0.1, 0.15) is 0 Å². The lowest BCUT2D eigenvalue weighted by Gasteiger charge is -1.70. The van der Waals surface area contributed by atoms with Crippen LogP contribution in [-0.4, -0.2) is 17.6 Å². The minimum absolute atomic E-state index is 0. The Kier molecular flexibility index (Phi) is 27.4. The molecule has 0 saturated carbocycles. The molecule has 58 valence electrons. The van der Waals surface area contributed by atoms with E-state index in [0.29, 0.717) is 0 Å². The number of aliphatic carboxylic acids is 1. The third-order valence-corrected chi connectivity index (χ3v) is 0.289. The highest BCUT2D eigenvalue weighted by molar-refractivity contribution is 5.62. The van der Waals surface area contributed by atoms with Crippen LogP contribution in [0.3, 0.4) is 0 Å². The van der Waals surface area contributed by atoms with Crippen molar-refractivity contribution in [3.8, 4) is 0 Å². The van der Waals surface area contributed by atoms with Gasteiger partial charge < -0.3 is 17.0 Å². The highest BCUT2D eigenvalue weighted by Crippen LogP contribution is 1.57. The van der Waals surface area contributed by atoms with Crippen molar-refractivity contribution in [3.05, 3.63) is 0 Å². The summed E-state index contributed by atoms with van der Waals surface area (Å²) in [7, 11) is 0. The smallest absolute Gasteiger partial charge is 0.300 e. The maximum absolute atomic E-state index is 9.00. The summed E-state index contributed by atoms with van der Waals surface area (Å²) in [6, 6.07) is 0. The van der Waals surface area contributed by atoms with E-state index in [1.807, 2.05) is 0 Å². The maximum atomic E-state index is 9.00. The third kappa shape index (κ3) is 1410. The Bertz CT molecular complexity index is 50.9. The van der Waals surface area contributed by atoms with E-state index in [2.05, 4.69) is 6.92 Å². The number of carbonyl (C=O) groups is 1. The molecular weight excluding hydrogens is 120 g/mol. The van der Waals surface area contributed by atoms with Crippen molar-refractivity contribution >= 4 is 5.97 Å². The fraction of sp³-hybridized carbons (Fsp3) is 0.800. The number of hydrogen-bond acceptors (Lipinski definition) is 3. The van der Waals surface area contributed by atoms with E-state index in [1.54, 1.807) is 0 Å². The zero-order valence-corrected chi connectivity index (χ0v) is 6.05. The first kappa shape index (κ1) is 15.8. The second-order valence-corrected chi connectivity index (χ2v) is 1.31. The molecule has 0 atom stereocenters. The summed E-state index contributed by atoms with van der Waals surface area (Å²) < 4.78 is 0. The molecule has 0 unspecified atom stereocenters. The number of carboxylic acids is 1. The number of nitrogens with two attached hydrogens (primary N) is 1. The van der Waals surface area contributed by atoms with Crippen LogP contribution in [0, 0.1) is 0 Å². The Morgan fingerprint density at radius 3 is 1.78 bits per heavy atom. The molecule has 0 radical (unpaired) electrons. The molecular formula is C5H16N2O2. The first-order chi connectivity index (χ1) is 3.65. The van der Waals surface area contributed by atoms with Crippen molar-refractivity contribution in [2.24, 2.45) is 5.73 Å². The van der Waals surface area contributed by atoms with E-state index < -0.39 is 5.97 Å². The lowest BCUT2D eigenvalue weighted by Crippen LogP contribution is -1.93. The molecule has 0 aromatic carbocycles. The molecule has 0 aliphatic heterocycles. The zero-order chi connectivity index (χ0) is 6.99. The average Bonchev–Trinajstić information content (AvgIpc) is 1.65. The van der Waals surface area contributed by atoms with Crippen LogP contribution in [0.1, 0.15) is 20.3 Å². The van der Waals surface area contributed by atoms with Gasteiger partial charge in [-0.3, -0.25) is 4.79 Å². The van der Waals surface area contributed by atoms with Crippen molar-refractivity contribution < 1.29 is 9.90 Å². The first-order valence-corrected chi connectivity index (χ1v) is 2.54. The summed E-state index contributed by atoms with van der Waals surface area (Å²) >= 11 is 0. The molecule has 0 spiro atoms. The lowest BCUT2D eigenvalue weighted by atomic mass is 10.5. The molecule has 0 saturated heterocycles. The number of rotatable bonds is 1. The van der Waals surface area contributed by atoms with E-state index in [1.165, 1.54) is 0 Å². The van der Waals surface area contributed by atoms with Gasteiger partial charge in [-0.05, 0) is 13.0 Å². The summed E-state index contributed by atoms with van der Waals surface area (Å²) in [4.78, 5) is 9.00. The zero-order valence-electron chi connectivity index (χ0n) is 6.05. The van der Waals surface area contributed by atoms with E-state index in [-0.39, 0.29) is 6.15 Å². The molecule has 0 rings (SSSR count). The Hall–Kier alpha value is -0.610. The predicted molar refractivity (Wildman–Crippen MR) is 37.7 cm³/mol. The van der Waals surface area contributed by atoms with Gasteiger partial charge >= 0.3 is 0 Å². The van der Waals surface area contributed by atoms with Crippen LogP contribution in [0.5, 0.6) is 0 Å². The van der Waals surface area contributed by atoms with Crippen LogP contribution in [0.15, 0.2) is 0 Å². The number of carboxylic acid groups (broad SMARTS) is 1. The van der Waals surface area contributed by atoms with Crippen LogP contribution in [0.25, 0.3) is 0 Å². The minimum atomic E-state index is -0.833. The second-order valence-electron chi connectivity index (χ2n) is 1.31. The molecule has 0 aromatic heterocycles. The van der Waals surface area contributed by atoms with Crippen molar-refractivity contribution in [1.82, 2.24) is 6.15 Å². The van der Waals surface area contributed by atoms with Crippen LogP contribution in [0.2, 0.25) is 0 Å². The first-order valence-electron chi connectivity index (χ1n) is 2.54. The molecule has 4 nitrogen and oxygen atoms in total. The van der Waals surface area contributed by atoms with Crippen molar-refractivity contribution in [3.63, 3.8) is 0 Å². The van der Waals surface area contributed by atoms with Crippen molar-refractivity contribution in [1.29, 1.82) is 0 Å². The largest absolute Gasteiger partial charge is 0.481 e. The summed E-state index contributed by atoms with van der Waals surface area (Å²) in [5, 5.41) is 7.42. The standard InChI is InChI=1S/C3H9N.C2H4O2.H3N/c1-2-3-4;1-2(3)4;/h2-4H2,1H3;1H3,(H,3,4);1H3. The van der Waals surface area contributed by atoms with Gasteiger partial charge in [0.25, 0.3) is 5.97 Å². The molecule has 0 heterocycles. The summed E-state index contributed by atoms with van der Waals surface area (Å²) in [6.07, 6.45) is 1.10. The van der Waals surface area contributed by atoms with Crippen LogP contribution in [-0.2, 0) is 4.79 Å². The average molecular weight is 136 g/mol. The van der Waals surface area contributed by atoms with Crippen LogP contribution < -0.4 is 11.9 Å². The van der Waals surface area contributed by atoms with Gasteiger partial charge in [0.15, 0.2) is 0 Å². The molecule has 0 aliphatic carbocycles. The molecule has 6 N–H and O–H groups in total. The van der Waals surface area contributed by atoms with Gasteiger partial charge in [0.05, 0.1) is 0 Å². The SMILES string of the molecule is CC(=O)O.CCCN.N. The van der Waals surface area contributed by atoms with Gasteiger partial charge in [0.2, 0.25) is 0 Å². The molecule has 0 fully saturated rings. The Morgan fingerprint density at radius 1 is 1.67 bits per heavy atom. The van der Waals surface area contributed by atoms with Crippen molar-refractivity contribution in [2.45, 2.75) is 20.3 Å². The maximum Gasteiger partial charge on any atom is 0.300 e. The Morgan fingerprint density at radius 2 is 1.78 bits per heavy atom. The van der Waals surface area contributed by atoms with E-state index in [4.69, 9.17) is 15.6 Å². The van der Waals surface area contributed by atoms with Gasteiger partial charge in [-0.25, -0.2) is 0 Å². The molecule has 0 aliphatic rings. The topological polar surface area (TPSA) is 98.3 Å². The molecule has 0 aromatic rings. The van der Waals surface area contributed by atoms with Gasteiger partial charge in [-0.15, -0.1) is 0 Å². The third-order valence-electron chi connectivity index (χ3n) is 0.289. The van der Waals surface area contributed by atoms with Crippen LogP contribution >= 0.6 is 0 Å². The fourth-order valence-electron chi connectivity index (χ4n) is 0. The van der Waals surface area contributed by atoms with E-state index >= 15 is 0 Å². The molecule has 9 heavy (non-hydrogen) atoms. The Labute approximate surface area is 55.6 Å². The molecule has 4 heteroatoms. The summed E-state index contributed by atoms with van der Waals surface area (Å²) in [5.41, 5.74) is 5.03. The number of hydrogen-bond donors (Lipinski definition) is 3. The molecule has 0 bridgehead atoms. The molecule has 0 amide bonds. The Balaban J connectivity index is -0.0000000720. The van der Waals surface area contributed by atoms with Gasteiger partial charge in [0, 0.05) is 6.92 Å². The predicted octanol–water partition coefficient (Wildman–Crippen LogP) is 0.608. The van der Waals surface area contributed by atoms with Crippen molar-refractivity contribution in [2.75, 3.05) is 6.54 Å². The van der Waals surface area contributed by atoms with Gasteiger partial charge in [-0.1, -0.05) is 6.92 Å². The minimum Gasteiger partial charge on any atom is -0.481 e. The summed E-state index contributed by atoms with van der Waals surface area (Å²) in [6.45, 7) is 3.96. The summed E-state index contributed by atoms with van der Waals surface area (Å²) in [5.74, 6) is -0.833.